The molecule has 3 N–H and O–H groups in total. The molecule has 0 aromatic carbocycles. The Morgan fingerprint density at radius 2 is 1.58 bits per heavy atom. The van der Waals surface area contributed by atoms with Gasteiger partial charge in [-0.2, -0.15) is 0 Å². The van der Waals surface area contributed by atoms with Crippen molar-refractivity contribution in [3.63, 3.8) is 0 Å². The summed E-state index contributed by atoms with van der Waals surface area (Å²) in [6, 6.07) is 0. The Morgan fingerprint density at radius 3 is 2.21 bits per heavy atom. The fourth-order valence-electron chi connectivity index (χ4n) is 2.02. The second-order valence-corrected chi connectivity index (χ2v) is 5.78. The Bertz CT molecular complexity index is 421. The number of aliphatic carboxylic acids is 1. The molecule has 0 rings (SSSR count). The number of carbonyl (C=O) groups is 1. The molecule has 4 nitrogen and oxygen atoms in total. The molecule has 0 aliphatic rings. The molecule has 0 spiro atoms. The van der Waals surface area contributed by atoms with Crippen molar-refractivity contribution < 1.29 is 20.1 Å². The maximum atomic E-state index is 10.3. The van der Waals surface area contributed by atoms with Crippen molar-refractivity contribution in [1.82, 2.24) is 0 Å². The molecule has 0 unspecified atom stereocenters. The smallest absolute Gasteiger partial charge is 0.303 e. The number of allylic oxidation sites excluding steroid dienone is 5. The first-order valence-corrected chi connectivity index (χ1v) is 8.80. The third kappa shape index (κ3) is 16.7. The van der Waals surface area contributed by atoms with E-state index in [1.165, 1.54) is 19.3 Å². The standard InChI is InChI=1S/C20H32O4/c1-2-3-4-5-6-9-13-18(21)14-10-7-8-11-15-19(22)16-12-17-20(23)24/h6-11,14-15,18-19,21-22H,2-5,12-13,16-17H2,1H3,(H,23,24)/b8-7+,9-6-,14-10-,15-11+/t18-,19-/m0/s1. The molecule has 0 saturated carbocycles. The Hall–Kier alpha value is -1.65. The van der Waals surface area contributed by atoms with E-state index < -0.39 is 18.2 Å². The van der Waals surface area contributed by atoms with Gasteiger partial charge in [0.15, 0.2) is 0 Å². The van der Waals surface area contributed by atoms with Gasteiger partial charge in [-0.05, 0) is 32.1 Å². The Labute approximate surface area is 145 Å². The number of aliphatic hydroxyl groups excluding tert-OH is 2. The monoisotopic (exact) mass is 336 g/mol. The maximum absolute atomic E-state index is 10.3. The third-order valence-corrected chi connectivity index (χ3v) is 3.41. The van der Waals surface area contributed by atoms with Crippen LogP contribution in [-0.2, 0) is 4.79 Å². The fourth-order valence-corrected chi connectivity index (χ4v) is 2.02. The SMILES string of the molecule is CCCCC/C=C\C[C@H](O)\C=C/C=C/C=C/[C@H](O)CCCC(=O)O. The van der Waals surface area contributed by atoms with E-state index in [9.17, 15) is 15.0 Å². The number of hydrogen-bond acceptors (Lipinski definition) is 3. The summed E-state index contributed by atoms with van der Waals surface area (Å²) in [5.74, 6) is -0.842. The van der Waals surface area contributed by atoms with Crippen molar-refractivity contribution in [1.29, 1.82) is 0 Å². The van der Waals surface area contributed by atoms with Gasteiger partial charge in [-0.15, -0.1) is 0 Å². The van der Waals surface area contributed by atoms with E-state index in [-0.39, 0.29) is 6.42 Å². The minimum atomic E-state index is -0.842. The lowest BCUT2D eigenvalue weighted by molar-refractivity contribution is -0.137. The van der Waals surface area contributed by atoms with Gasteiger partial charge in [0, 0.05) is 6.42 Å². The zero-order valence-corrected chi connectivity index (χ0v) is 14.7. The van der Waals surface area contributed by atoms with Gasteiger partial charge in [-0.1, -0.05) is 68.4 Å². The highest BCUT2D eigenvalue weighted by molar-refractivity contribution is 5.66. The normalized spacial score (nSPS) is 15.1. The van der Waals surface area contributed by atoms with Crippen molar-refractivity contribution in [3.05, 3.63) is 48.6 Å². The van der Waals surface area contributed by atoms with Crippen molar-refractivity contribution in [2.75, 3.05) is 0 Å². The molecule has 0 saturated heterocycles. The predicted octanol–water partition coefficient (Wildman–Crippen LogP) is 4.16. The van der Waals surface area contributed by atoms with Crippen molar-refractivity contribution >= 4 is 5.97 Å². The molecule has 0 aromatic rings. The lowest BCUT2D eigenvalue weighted by Gasteiger charge is -2.02. The molecule has 2 atom stereocenters. The van der Waals surface area contributed by atoms with Crippen molar-refractivity contribution in [3.8, 4) is 0 Å². The summed E-state index contributed by atoms with van der Waals surface area (Å²) in [5, 5.41) is 27.9. The van der Waals surface area contributed by atoms with Crippen LogP contribution in [0.25, 0.3) is 0 Å². The summed E-state index contributed by atoms with van der Waals surface area (Å²) in [6.07, 6.45) is 19.8. The molecule has 0 aliphatic carbocycles. The van der Waals surface area contributed by atoms with E-state index in [1.807, 2.05) is 6.08 Å². The Morgan fingerprint density at radius 1 is 0.917 bits per heavy atom. The van der Waals surface area contributed by atoms with Gasteiger partial charge in [0.25, 0.3) is 0 Å². The third-order valence-electron chi connectivity index (χ3n) is 3.41. The van der Waals surface area contributed by atoms with Gasteiger partial charge in [-0.25, -0.2) is 0 Å². The summed E-state index contributed by atoms with van der Waals surface area (Å²) < 4.78 is 0. The Kier molecular flexibility index (Phi) is 15.1. The van der Waals surface area contributed by atoms with Gasteiger partial charge in [0.05, 0.1) is 12.2 Å². The van der Waals surface area contributed by atoms with Crippen LogP contribution in [0.3, 0.4) is 0 Å². The molecule has 0 heterocycles. The number of unbranched alkanes of at least 4 members (excludes halogenated alkanes) is 3. The van der Waals surface area contributed by atoms with Crippen molar-refractivity contribution in [2.24, 2.45) is 0 Å². The highest BCUT2D eigenvalue weighted by Crippen LogP contribution is 2.03. The average Bonchev–Trinajstić information content (AvgIpc) is 2.53. The lowest BCUT2D eigenvalue weighted by Crippen LogP contribution is -2.03. The van der Waals surface area contributed by atoms with E-state index in [1.54, 1.807) is 36.5 Å². The van der Waals surface area contributed by atoms with E-state index in [0.717, 1.165) is 6.42 Å². The van der Waals surface area contributed by atoms with Gasteiger partial charge < -0.3 is 15.3 Å². The van der Waals surface area contributed by atoms with Crippen LogP contribution >= 0.6 is 0 Å². The highest BCUT2D eigenvalue weighted by Gasteiger charge is 2.01. The summed E-state index contributed by atoms with van der Waals surface area (Å²) in [6.45, 7) is 2.18. The number of carboxylic acids is 1. The topological polar surface area (TPSA) is 77.8 Å². The summed E-state index contributed by atoms with van der Waals surface area (Å²) in [7, 11) is 0. The van der Waals surface area contributed by atoms with Crippen LogP contribution < -0.4 is 0 Å². The van der Waals surface area contributed by atoms with Crippen LogP contribution in [0.5, 0.6) is 0 Å². The summed E-state index contributed by atoms with van der Waals surface area (Å²) >= 11 is 0. The molecule has 24 heavy (non-hydrogen) atoms. The minimum absolute atomic E-state index is 0.0778. The number of rotatable bonds is 14. The quantitative estimate of drug-likeness (QED) is 0.253. The zero-order chi connectivity index (χ0) is 18.0. The molecule has 0 aliphatic heterocycles. The van der Waals surface area contributed by atoms with Crippen LogP contribution in [0.15, 0.2) is 48.6 Å². The number of hydrogen-bond donors (Lipinski definition) is 3. The fraction of sp³-hybridized carbons (Fsp3) is 0.550. The van der Waals surface area contributed by atoms with Crippen LogP contribution in [0.4, 0.5) is 0 Å². The zero-order valence-electron chi connectivity index (χ0n) is 14.7. The molecular formula is C20H32O4. The highest BCUT2D eigenvalue weighted by atomic mass is 16.4. The second-order valence-electron chi connectivity index (χ2n) is 5.78. The van der Waals surface area contributed by atoms with Crippen LogP contribution in [0.1, 0.15) is 58.3 Å². The van der Waals surface area contributed by atoms with E-state index in [4.69, 9.17) is 5.11 Å². The molecule has 0 bridgehead atoms. The van der Waals surface area contributed by atoms with E-state index >= 15 is 0 Å². The van der Waals surface area contributed by atoms with Crippen LogP contribution in [0, 0.1) is 0 Å². The molecule has 0 radical (unpaired) electrons. The largest absolute Gasteiger partial charge is 0.481 e. The number of aliphatic hydroxyl groups is 2. The molecule has 136 valence electrons. The first kappa shape index (κ1) is 22.4. The first-order valence-electron chi connectivity index (χ1n) is 8.80. The summed E-state index contributed by atoms with van der Waals surface area (Å²) in [5.41, 5.74) is 0. The van der Waals surface area contributed by atoms with Gasteiger partial charge in [0.2, 0.25) is 0 Å². The van der Waals surface area contributed by atoms with Crippen molar-refractivity contribution in [2.45, 2.75) is 70.5 Å². The Balaban J connectivity index is 3.81. The molecule has 4 heteroatoms. The second kappa shape index (κ2) is 16.2. The predicted molar refractivity (Wildman–Crippen MR) is 98.8 cm³/mol. The van der Waals surface area contributed by atoms with Crippen LogP contribution in [0.2, 0.25) is 0 Å². The first-order chi connectivity index (χ1) is 11.6. The van der Waals surface area contributed by atoms with Gasteiger partial charge in [-0.3, -0.25) is 4.79 Å². The van der Waals surface area contributed by atoms with E-state index in [2.05, 4.69) is 13.0 Å². The minimum Gasteiger partial charge on any atom is -0.481 e. The van der Waals surface area contributed by atoms with E-state index in [0.29, 0.717) is 19.3 Å². The van der Waals surface area contributed by atoms with Gasteiger partial charge in [0.1, 0.15) is 0 Å². The summed E-state index contributed by atoms with van der Waals surface area (Å²) in [4.78, 5) is 10.3. The maximum Gasteiger partial charge on any atom is 0.303 e. The lowest BCUT2D eigenvalue weighted by atomic mass is 10.1. The van der Waals surface area contributed by atoms with Gasteiger partial charge >= 0.3 is 5.97 Å². The molecular weight excluding hydrogens is 304 g/mol. The number of carboxylic acid groups (broad SMARTS) is 1. The molecule has 0 aromatic heterocycles. The molecule has 0 amide bonds. The average molecular weight is 336 g/mol. The van der Waals surface area contributed by atoms with Crippen LogP contribution in [-0.4, -0.2) is 33.5 Å². The molecule has 0 fully saturated rings.